The van der Waals surface area contributed by atoms with Crippen molar-refractivity contribution in [2.75, 3.05) is 39.0 Å². The van der Waals surface area contributed by atoms with E-state index in [0.29, 0.717) is 6.54 Å². The number of likely N-dealkylation sites (tertiary alicyclic amines) is 1. The normalized spacial score (nSPS) is 29.9. The Hall–Kier alpha value is -3.88. The number of likely N-dealkylation sites (N-methyl/N-ethyl adjacent to an activating group) is 1. The molecule has 0 unspecified atom stereocenters. The van der Waals surface area contributed by atoms with Gasteiger partial charge in [-0.25, -0.2) is 8.78 Å². The van der Waals surface area contributed by atoms with Crippen LogP contribution in [0.1, 0.15) is 28.8 Å². The number of Topliss-reactive ketones (excluding diaryl/α,β-unsaturated/α-hetero) is 2. The molecule has 3 aliphatic carbocycles. The number of nitrogens with two attached hydrogens (primary N) is 1. The first-order valence-corrected chi connectivity index (χ1v) is 13.0. The predicted octanol–water partition coefficient (Wildman–Crippen LogP) is 0.242. The van der Waals surface area contributed by atoms with E-state index in [1.807, 2.05) is 0 Å². The van der Waals surface area contributed by atoms with Gasteiger partial charge in [0.1, 0.15) is 29.1 Å². The van der Waals surface area contributed by atoms with E-state index in [0.717, 1.165) is 6.07 Å². The molecule has 1 aromatic rings. The number of nitrogens with zero attached hydrogens (tertiary/aromatic N) is 2. The second kappa shape index (κ2) is 9.89. The van der Waals surface area contributed by atoms with Gasteiger partial charge in [-0.3, -0.25) is 29.0 Å². The number of primary amides is 1. The van der Waals surface area contributed by atoms with E-state index in [-0.39, 0.29) is 37.9 Å². The molecule has 0 saturated carbocycles. The molecule has 0 spiro atoms. The number of fused-ring (bicyclic) bond motifs is 3. The standard InChI is InChI=1S/C27H30F2N4O8/c1-32(2)20-13-6-10-5-12-14(29)7-15(31-16(34)9-33-4-3-11(28)8-33)21(35)18(12)22(36)17(10)24(38)27(13,41)25(39)19(23(20)37)26(30)40/h7,10-11,13,20,35,37-38,41H,3-6,8-9H2,1-2H3,(H2,30,40)(H,31,34)/t10-,11+,13-,20-,27-/m0/s1. The van der Waals surface area contributed by atoms with E-state index in [1.165, 1.54) is 23.9 Å². The molecule has 14 heteroatoms. The molecule has 2 amide bonds. The lowest BCUT2D eigenvalue weighted by molar-refractivity contribution is -0.148. The average molecular weight is 577 g/mol. The van der Waals surface area contributed by atoms with Crippen molar-refractivity contribution in [1.82, 2.24) is 9.80 Å². The van der Waals surface area contributed by atoms with Crippen molar-refractivity contribution in [3.63, 3.8) is 0 Å². The van der Waals surface area contributed by atoms with Crippen molar-refractivity contribution in [2.45, 2.75) is 37.1 Å². The zero-order valence-electron chi connectivity index (χ0n) is 22.3. The first kappa shape index (κ1) is 28.6. The number of nitrogens with one attached hydrogen (secondary N) is 1. The van der Waals surface area contributed by atoms with E-state index < -0.39 is 98.5 Å². The van der Waals surface area contributed by atoms with Gasteiger partial charge in [-0.05, 0) is 39.3 Å². The maximum absolute atomic E-state index is 15.4. The molecule has 7 N–H and O–H groups in total. The maximum atomic E-state index is 15.4. The quantitative estimate of drug-likeness (QED) is 0.209. The first-order valence-electron chi connectivity index (χ1n) is 13.0. The molecule has 1 aromatic carbocycles. The summed E-state index contributed by atoms with van der Waals surface area (Å²) in [7, 11) is 3.00. The number of alkyl halides is 1. The number of anilines is 1. The Morgan fingerprint density at radius 2 is 1.93 bits per heavy atom. The number of phenols is 1. The van der Waals surface area contributed by atoms with Crippen LogP contribution < -0.4 is 11.1 Å². The number of phenolic OH excluding ortho intramolecular Hbond substituents is 1. The summed E-state index contributed by atoms with van der Waals surface area (Å²) in [5, 5.41) is 47.0. The van der Waals surface area contributed by atoms with Crippen LogP contribution in [0.3, 0.4) is 0 Å². The second-order valence-electron chi connectivity index (χ2n) is 11.2. The van der Waals surface area contributed by atoms with Crippen molar-refractivity contribution in [2.24, 2.45) is 17.6 Å². The van der Waals surface area contributed by atoms with Gasteiger partial charge in [-0.1, -0.05) is 0 Å². The van der Waals surface area contributed by atoms with Crippen LogP contribution in [0.4, 0.5) is 14.5 Å². The molecule has 0 aromatic heterocycles. The van der Waals surface area contributed by atoms with Crippen molar-refractivity contribution in [3.8, 4) is 5.75 Å². The lowest BCUT2D eigenvalue weighted by atomic mass is 9.58. The van der Waals surface area contributed by atoms with Crippen molar-refractivity contribution < 1.29 is 48.4 Å². The number of aliphatic hydroxyl groups excluding tert-OH is 2. The van der Waals surface area contributed by atoms with Gasteiger partial charge in [-0.2, -0.15) is 0 Å². The monoisotopic (exact) mass is 576 g/mol. The summed E-state index contributed by atoms with van der Waals surface area (Å²) < 4.78 is 28.8. The fourth-order valence-electron chi connectivity index (χ4n) is 6.69. The number of ketones is 2. The van der Waals surface area contributed by atoms with E-state index in [9.17, 15) is 44.0 Å². The molecule has 0 radical (unpaired) electrons. The van der Waals surface area contributed by atoms with Gasteiger partial charge in [0.05, 0.1) is 23.8 Å². The summed E-state index contributed by atoms with van der Waals surface area (Å²) in [6, 6.07) is -0.310. The molecule has 220 valence electrons. The predicted molar refractivity (Wildman–Crippen MR) is 138 cm³/mol. The van der Waals surface area contributed by atoms with Crippen LogP contribution in [-0.2, 0) is 20.8 Å². The highest BCUT2D eigenvalue weighted by atomic mass is 19.1. The third kappa shape index (κ3) is 4.28. The van der Waals surface area contributed by atoms with Crippen LogP contribution in [0.5, 0.6) is 5.75 Å². The van der Waals surface area contributed by atoms with Crippen LogP contribution in [0.2, 0.25) is 0 Å². The SMILES string of the molecule is CN(C)[C@@H]1C(O)=C(C(N)=O)C(=O)[C@@]2(O)C(O)=C3C(=O)c4c(O)c(NC(=O)CN5CC[C@@H](F)C5)cc(F)c4C[C@H]3C[C@@H]12. The minimum absolute atomic E-state index is 0.0486. The first-order chi connectivity index (χ1) is 19.2. The fraction of sp³-hybridized carbons (Fsp3) is 0.481. The van der Waals surface area contributed by atoms with Crippen LogP contribution in [0, 0.1) is 17.7 Å². The third-order valence-electron chi connectivity index (χ3n) is 8.52. The van der Waals surface area contributed by atoms with Crippen molar-refractivity contribution >= 4 is 29.1 Å². The number of aliphatic hydroxyl groups is 3. The Morgan fingerprint density at radius 3 is 2.51 bits per heavy atom. The number of benzene rings is 1. The number of hydrogen-bond acceptors (Lipinski definition) is 10. The molecule has 1 fully saturated rings. The molecular formula is C27H30F2N4O8. The highest BCUT2D eigenvalue weighted by molar-refractivity contribution is 6.25. The Labute approximate surface area is 232 Å². The Balaban J connectivity index is 1.56. The van der Waals surface area contributed by atoms with Gasteiger partial charge >= 0.3 is 0 Å². The fourth-order valence-corrected chi connectivity index (χ4v) is 6.69. The molecular weight excluding hydrogens is 546 g/mol. The van der Waals surface area contributed by atoms with E-state index in [2.05, 4.69) is 5.32 Å². The number of aromatic hydroxyl groups is 1. The third-order valence-corrected chi connectivity index (χ3v) is 8.52. The summed E-state index contributed by atoms with van der Waals surface area (Å²) in [4.78, 5) is 54.6. The highest BCUT2D eigenvalue weighted by Crippen LogP contribution is 2.53. The van der Waals surface area contributed by atoms with Gasteiger partial charge in [0.25, 0.3) is 5.91 Å². The second-order valence-corrected chi connectivity index (χ2v) is 11.2. The highest BCUT2D eigenvalue weighted by Gasteiger charge is 2.63. The summed E-state index contributed by atoms with van der Waals surface area (Å²) in [5.74, 6) is -10.2. The maximum Gasteiger partial charge on any atom is 0.255 e. The summed E-state index contributed by atoms with van der Waals surface area (Å²) in [6.45, 7) is 0.161. The van der Waals surface area contributed by atoms with Gasteiger partial charge in [-0.15, -0.1) is 0 Å². The van der Waals surface area contributed by atoms with Crippen molar-refractivity contribution in [3.05, 3.63) is 45.7 Å². The number of carbonyl (C=O) groups excluding carboxylic acids is 4. The molecule has 5 atom stereocenters. The largest absolute Gasteiger partial charge is 0.510 e. The molecule has 5 rings (SSSR count). The molecule has 4 aliphatic rings. The zero-order chi connectivity index (χ0) is 30.1. The minimum atomic E-state index is -2.82. The van der Waals surface area contributed by atoms with Crippen molar-refractivity contribution in [1.29, 1.82) is 0 Å². The molecule has 41 heavy (non-hydrogen) atoms. The summed E-state index contributed by atoms with van der Waals surface area (Å²) >= 11 is 0. The summed E-state index contributed by atoms with van der Waals surface area (Å²) in [6.07, 6.45) is -1.22. The van der Waals surface area contributed by atoms with Crippen LogP contribution in [0.25, 0.3) is 0 Å². The van der Waals surface area contributed by atoms with Gasteiger partial charge in [0, 0.05) is 36.2 Å². The lowest BCUT2D eigenvalue weighted by Gasteiger charge is -2.50. The van der Waals surface area contributed by atoms with Gasteiger partial charge < -0.3 is 31.5 Å². The number of hydrogen-bond donors (Lipinski definition) is 6. The number of rotatable bonds is 5. The van der Waals surface area contributed by atoms with Gasteiger partial charge in [0.2, 0.25) is 11.7 Å². The Bertz CT molecular complexity index is 1460. The smallest absolute Gasteiger partial charge is 0.255 e. The zero-order valence-corrected chi connectivity index (χ0v) is 22.3. The van der Waals surface area contributed by atoms with E-state index in [4.69, 9.17) is 5.73 Å². The van der Waals surface area contributed by atoms with Crippen LogP contribution >= 0.6 is 0 Å². The van der Waals surface area contributed by atoms with Crippen LogP contribution in [-0.4, -0.2) is 105 Å². The number of carbonyl (C=O) groups is 4. The molecule has 12 nitrogen and oxygen atoms in total. The van der Waals surface area contributed by atoms with Crippen LogP contribution in [0.15, 0.2) is 28.7 Å². The number of amides is 2. The number of allylic oxidation sites excluding steroid dienone is 1. The summed E-state index contributed by atoms with van der Waals surface area (Å²) in [5.41, 5.74) is -0.0867. The average Bonchev–Trinajstić information content (AvgIpc) is 3.28. The number of halogens is 2. The molecule has 1 aliphatic heterocycles. The van der Waals surface area contributed by atoms with E-state index in [1.54, 1.807) is 0 Å². The topological polar surface area (TPSA) is 194 Å². The van der Waals surface area contributed by atoms with Gasteiger partial charge in [0.15, 0.2) is 17.1 Å². The molecule has 1 heterocycles. The van der Waals surface area contributed by atoms with E-state index >= 15 is 4.39 Å². The molecule has 1 saturated heterocycles. The Kier molecular flexibility index (Phi) is 6.91. The lowest BCUT2D eigenvalue weighted by Crippen LogP contribution is -2.63. The minimum Gasteiger partial charge on any atom is -0.510 e. The Morgan fingerprint density at radius 1 is 1.24 bits per heavy atom. The molecule has 0 bridgehead atoms.